The van der Waals surface area contributed by atoms with Crippen molar-refractivity contribution in [3.05, 3.63) is 36.4 Å². The second kappa shape index (κ2) is 7.74. The maximum absolute atomic E-state index is 9.16. The molecule has 1 atom stereocenters. The average Bonchev–Trinajstić information content (AvgIpc) is 2.36. The minimum absolute atomic E-state index is 0.345. The Morgan fingerprint density at radius 3 is 2.83 bits per heavy atom. The van der Waals surface area contributed by atoms with Gasteiger partial charge in [-0.3, -0.25) is 0 Å². The SMILES string of the molecule is C=CCOc1ccc(CNCC(C)O)cc1OC. The molecule has 4 nitrogen and oxygen atoms in total. The third-order valence-corrected chi connectivity index (χ3v) is 2.35. The van der Waals surface area contributed by atoms with Gasteiger partial charge in [0, 0.05) is 13.1 Å². The fraction of sp³-hybridized carbons (Fsp3) is 0.429. The minimum atomic E-state index is -0.345. The Labute approximate surface area is 108 Å². The van der Waals surface area contributed by atoms with Gasteiger partial charge in [0.25, 0.3) is 0 Å². The molecule has 0 fully saturated rings. The van der Waals surface area contributed by atoms with Crippen molar-refractivity contribution in [2.45, 2.75) is 19.6 Å². The molecule has 0 radical (unpaired) electrons. The summed E-state index contributed by atoms with van der Waals surface area (Å²) in [5.74, 6) is 1.41. The number of methoxy groups -OCH3 is 1. The van der Waals surface area contributed by atoms with E-state index in [1.54, 1.807) is 20.1 Å². The van der Waals surface area contributed by atoms with E-state index in [-0.39, 0.29) is 6.10 Å². The lowest BCUT2D eigenvalue weighted by atomic mass is 10.2. The molecule has 0 heterocycles. The Hall–Kier alpha value is -1.52. The van der Waals surface area contributed by atoms with Crippen molar-refractivity contribution in [1.29, 1.82) is 0 Å². The summed E-state index contributed by atoms with van der Waals surface area (Å²) in [6.45, 7) is 7.06. The maximum Gasteiger partial charge on any atom is 0.161 e. The van der Waals surface area contributed by atoms with Crippen LogP contribution in [0.1, 0.15) is 12.5 Å². The van der Waals surface area contributed by atoms with Gasteiger partial charge >= 0.3 is 0 Å². The van der Waals surface area contributed by atoms with Gasteiger partial charge in [0.1, 0.15) is 6.61 Å². The van der Waals surface area contributed by atoms with Gasteiger partial charge in [0.2, 0.25) is 0 Å². The van der Waals surface area contributed by atoms with Crippen molar-refractivity contribution < 1.29 is 14.6 Å². The van der Waals surface area contributed by atoms with Gasteiger partial charge in [-0.1, -0.05) is 18.7 Å². The van der Waals surface area contributed by atoms with Crippen molar-refractivity contribution >= 4 is 0 Å². The summed E-state index contributed by atoms with van der Waals surface area (Å²) in [5, 5.41) is 12.3. The molecule has 0 spiro atoms. The summed E-state index contributed by atoms with van der Waals surface area (Å²) in [4.78, 5) is 0. The molecule has 0 amide bonds. The number of aliphatic hydroxyl groups is 1. The van der Waals surface area contributed by atoms with Crippen LogP contribution in [0.5, 0.6) is 11.5 Å². The van der Waals surface area contributed by atoms with Crippen molar-refractivity contribution in [1.82, 2.24) is 5.32 Å². The average molecular weight is 251 g/mol. The summed E-state index contributed by atoms with van der Waals surface area (Å²) < 4.78 is 10.7. The van der Waals surface area contributed by atoms with Crippen LogP contribution in [0.15, 0.2) is 30.9 Å². The standard InChI is InChI=1S/C14H21NO3/c1-4-7-18-13-6-5-12(8-14(13)17-3)10-15-9-11(2)16/h4-6,8,11,15-16H,1,7,9-10H2,2-3H3. The van der Waals surface area contributed by atoms with Gasteiger partial charge in [-0.25, -0.2) is 0 Å². The van der Waals surface area contributed by atoms with E-state index < -0.39 is 0 Å². The molecule has 0 saturated heterocycles. The molecule has 1 unspecified atom stereocenters. The lowest BCUT2D eigenvalue weighted by Crippen LogP contribution is -2.23. The molecular formula is C14H21NO3. The van der Waals surface area contributed by atoms with Gasteiger partial charge in [-0.2, -0.15) is 0 Å². The minimum Gasteiger partial charge on any atom is -0.493 e. The topological polar surface area (TPSA) is 50.7 Å². The van der Waals surface area contributed by atoms with E-state index in [1.165, 1.54) is 0 Å². The summed E-state index contributed by atoms with van der Waals surface area (Å²) in [6, 6.07) is 5.77. The van der Waals surface area contributed by atoms with Crippen LogP contribution in [-0.4, -0.2) is 31.5 Å². The first kappa shape index (κ1) is 14.5. The number of hydrogen-bond donors (Lipinski definition) is 2. The van der Waals surface area contributed by atoms with Crippen LogP contribution < -0.4 is 14.8 Å². The number of benzene rings is 1. The number of hydrogen-bond acceptors (Lipinski definition) is 4. The summed E-state index contributed by atoms with van der Waals surface area (Å²) >= 11 is 0. The largest absolute Gasteiger partial charge is 0.493 e. The van der Waals surface area contributed by atoms with Crippen LogP contribution in [0.4, 0.5) is 0 Å². The van der Waals surface area contributed by atoms with Gasteiger partial charge in [-0.15, -0.1) is 0 Å². The molecular weight excluding hydrogens is 230 g/mol. The molecule has 0 bridgehead atoms. The molecule has 0 saturated carbocycles. The highest BCUT2D eigenvalue weighted by Gasteiger charge is 2.05. The Morgan fingerprint density at radius 2 is 2.22 bits per heavy atom. The monoisotopic (exact) mass is 251 g/mol. The molecule has 0 aliphatic rings. The zero-order valence-electron chi connectivity index (χ0n) is 11.0. The van der Waals surface area contributed by atoms with E-state index >= 15 is 0 Å². The fourth-order valence-electron chi connectivity index (χ4n) is 1.52. The molecule has 100 valence electrons. The van der Waals surface area contributed by atoms with E-state index in [0.717, 1.165) is 5.56 Å². The molecule has 1 aromatic rings. The summed E-state index contributed by atoms with van der Waals surface area (Å²) in [5.41, 5.74) is 1.08. The highest BCUT2D eigenvalue weighted by Crippen LogP contribution is 2.27. The zero-order valence-corrected chi connectivity index (χ0v) is 11.0. The number of aliphatic hydroxyl groups excluding tert-OH is 1. The second-order valence-electron chi connectivity index (χ2n) is 4.06. The predicted molar refractivity (Wildman–Crippen MR) is 72.1 cm³/mol. The molecule has 4 heteroatoms. The molecule has 1 aromatic carbocycles. The molecule has 0 aromatic heterocycles. The Balaban J connectivity index is 2.63. The van der Waals surface area contributed by atoms with Gasteiger partial charge in [-0.05, 0) is 24.6 Å². The van der Waals surface area contributed by atoms with E-state index in [0.29, 0.717) is 31.2 Å². The van der Waals surface area contributed by atoms with Crippen LogP contribution in [0.2, 0.25) is 0 Å². The lowest BCUT2D eigenvalue weighted by Gasteiger charge is -2.12. The predicted octanol–water partition coefficient (Wildman–Crippen LogP) is 1.73. The molecule has 0 aliphatic carbocycles. The summed E-state index contributed by atoms with van der Waals surface area (Å²) in [7, 11) is 1.61. The zero-order chi connectivity index (χ0) is 13.4. The lowest BCUT2D eigenvalue weighted by molar-refractivity contribution is 0.191. The van der Waals surface area contributed by atoms with E-state index in [4.69, 9.17) is 14.6 Å². The first-order valence-corrected chi connectivity index (χ1v) is 5.96. The van der Waals surface area contributed by atoms with Crippen LogP contribution in [0.25, 0.3) is 0 Å². The van der Waals surface area contributed by atoms with Crippen LogP contribution in [0, 0.1) is 0 Å². The van der Waals surface area contributed by atoms with Crippen molar-refractivity contribution in [3.63, 3.8) is 0 Å². The molecule has 2 N–H and O–H groups in total. The van der Waals surface area contributed by atoms with E-state index in [9.17, 15) is 0 Å². The second-order valence-corrected chi connectivity index (χ2v) is 4.06. The number of nitrogens with one attached hydrogen (secondary N) is 1. The number of ether oxygens (including phenoxy) is 2. The first-order chi connectivity index (χ1) is 8.67. The molecule has 1 rings (SSSR count). The maximum atomic E-state index is 9.16. The Kier molecular flexibility index (Phi) is 6.25. The first-order valence-electron chi connectivity index (χ1n) is 5.96. The smallest absolute Gasteiger partial charge is 0.161 e. The van der Waals surface area contributed by atoms with Crippen molar-refractivity contribution in [3.8, 4) is 11.5 Å². The van der Waals surface area contributed by atoms with Gasteiger partial charge in [0.05, 0.1) is 13.2 Å². The number of rotatable bonds is 8. The third-order valence-electron chi connectivity index (χ3n) is 2.35. The van der Waals surface area contributed by atoms with Crippen LogP contribution in [0.3, 0.4) is 0 Å². The normalized spacial score (nSPS) is 11.9. The summed E-state index contributed by atoms with van der Waals surface area (Å²) in [6.07, 6.45) is 1.35. The quantitative estimate of drug-likeness (QED) is 0.691. The molecule has 0 aliphatic heterocycles. The Morgan fingerprint density at radius 1 is 1.44 bits per heavy atom. The van der Waals surface area contributed by atoms with Gasteiger partial charge < -0.3 is 19.9 Å². The highest BCUT2D eigenvalue weighted by molar-refractivity contribution is 5.43. The highest BCUT2D eigenvalue weighted by atomic mass is 16.5. The van der Waals surface area contributed by atoms with Crippen molar-refractivity contribution in [2.24, 2.45) is 0 Å². The third kappa shape index (κ3) is 4.77. The van der Waals surface area contributed by atoms with Gasteiger partial charge in [0.15, 0.2) is 11.5 Å². The fourth-order valence-corrected chi connectivity index (χ4v) is 1.52. The van der Waals surface area contributed by atoms with Crippen LogP contribution >= 0.6 is 0 Å². The van der Waals surface area contributed by atoms with E-state index in [1.807, 2.05) is 18.2 Å². The molecule has 18 heavy (non-hydrogen) atoms. The van der Waals surface area contributed by atoms with Crippen molar-refractivity contribution in [2.75, 3.05) is 20.3 Å². The Bertz CT molecular complexity index is 377. The van der Waals surface area contributed by atoms with E-state index in [2.05, 4.69) is 11.9 Å². The van der Waals surface area contributed by atoms with Crippen LogP contribution in [-0.2, 0) is 6.54 Å².